The van der Waals surface area contributed by atoms with Crippen LogP contribution in [0, 0.1) is 0 Å². The summed E-state index contributed by atoms with van der Waals surface area (Å²) in [6, 6.07) is 15.7. The molecule has 1 atom stereocenters. The van der Waals surface area contributed by atoms with Crippen molar-refractivity contribution in [2.45, 2.75) is 38.5 Å². The molecule has 0 saturated heterocycles. The Kier molecular flexibility index (Phi) is 6.91. The first-order chi connectivity index (χ1) is 11.9. The lowest BCUT2D eigenvalue weighted by Crippen LogP contribution is -2.25. The maximum Gasteiger partial charge on any atom is 0.144 e. The van der Waals surface area contributed by atoms with Gasteiger partial charge in [0.2, 0.25) is 0 Å². The molecule has 25 heavy (non-hydrogen) atoms. The Morgan fingerprint density at radius 2 is 1.52 bits per heavy atom. The van der Waals surface area contributed by atoms with Crippen LogP contribution >= 0.6 is 0 Å². The van der Waals surface area contributed by atoms with E-state index in [1.165, 1.54) is 0 Å². The van der Waals surface area contributed by atoms with Crippen LogP contribution in [0.3, 0.4) is 0 Å². The van der Waals surface area contributed by atoms with Gasteiger partial charge in [0.15, 0.2) is 0 Å². The molecular weight excluding hydrogens is 334 g/mol. The SMILES string of the molecule is COc1ccc(COc2ccc(C/C=N/[S+]([O-])C(C)(C)C)cc2)cc1. The molecule has 0 amide bonds. The highest BCUT2D eigenvalue weighted by molar-refractivity contribution is 7.91. The highest BCUT2D eigenvalue weighted by atomic mass is 32.2. The van der Waals surface area contributed by atoms with E-state index in [4.69, 9.17) is 9.47 Å². The molecule has 4 nitrogen and oxygen atoms in total. The Morgan fingerprint density at radius 1 is 0.960 bits per heavy atom. The second-order valence-corrected chi connectivity index (χ2v) is 8.57. The Morgan fingerprint density at radius 3 is 2.08 bits per heavy atom. The van der Waals surface area contributed by atoms with Crippen molar-refractivity contribution in [2.24, 2.45) is 4.40 Å². The third kappa shape index (κ3) is 6.44. The minimum absolute atomic E-state index is 0.324. The molecule has 0 aromatic heterocycles. The van der Waals surface area contributed by atoms with Gasteiger partial charge in [-0.2, -0.15) is 0 Å². The van der Waals surface area contributed by atoms with Crippen molar-refractivity contribution in [3.8, 4) is 11.5 Å². The third-order valence-corrected chi connectivity index (χ3v) is 4.90. The topological polar surface area (TPSA) is 53.9 Å². The molecule has 0 N–H and O–H groups in total. The third-order valence-electron chi connectivity index (χ3n) is 3.51. The van der Waals surface area contributed by atoms with Gasteiger partial charge >= 0.3 is 0 Å². The van der Waals surface area contributed by atoms with E-state index in [1.807, 2.05) is 69.3 Å². The molecule has 2 aromatic rings. The standard InChI is InChI=1S/C20H25NO3S/c1-20(2,3)25(22)21-14-13-16-5-11-19(12-6-16)24-15-17-7-9-18(23-4)10-8-17/h5-12,14H,13,15H2,1-4H3/b21-14+. The summed E-state index contributed by atoms with van der Waals surface area (Å²) in [6.45, 7) is 6.25. The monoisotopic (exact) mass is 359 g/mol. The van der Waals surface area contributed by atoms with Crippen LogP contribution in [0.4, 0.5) is 0 Å². The van der Waals surface area contributed by atoms with Crippen LogP contribution in [0.15, 0.2) is 52.9 Å². The van der Waals surface area contributed by atoms with Gasteiger partial charge in [0.1, 0.15) is 34.2 Å². The van der Waals surface area contributed by atoms with E-state index in [1.54, 1.807) is 13.3 Å². The average molecular weight is 359 g/mol. The highest BCUT2D eigenvalue weighted by Gasteiger charge is 2.25. The van der Waals surface area contributed by atoms with E-state index in [0.29, 0.717) is 13.0 Å². The molecule has 0 aliphatic heterocycles. The lowest BCUT2D eigenvalue weighted by molar-refractivity contribution is 0.306. The number of ether oxygens (including phenoxy) is 2. The first-order valence-electron chi connectivity index (χ1n) is 8.17. The molecule has 2 rings (SSSR count). The smallest absolute Gasteiger partial charge is 0.144 e. The molecule has 0 aliphatic rings. The van der Waals surface area contributed by atoms with Gasteiger partial charge in [0, 0.05) is 6.42 Å². The zero-order valence-electron chi connectivity index (χ0n) is 15.2. The van der Waals surface area contributed by atoms with Gasteiger partial charge in [-0.05, 0) is 56.2 Å². The number of hydrogen-bond donors (Lipinski definition) is 0. The van der Waals surface area contributed by atoms with Crippen LogP contribution in [0.25, 0.3) is 0 Å². The van der Waals surface area contributed by atoms with Crippen molar-refractivity contribution >= 4 is 17.6 Å². The molecular formula is C20H25NO3S. The van der Waals surface area contributed by atoms with Gasteiger partial charge in [0.25, 0.3) is 0 Å². The Balaban J connectivity index is 1.84. The number of rotatable bonds is 7. The number of nitrogens with zero attached hydrogens (tertiary/aromatic N) is 1. The molecule has 0 fully saturated rings. The van der Waals surface area contributed by atoms with Crippen LogP contribution in [0.1, 0.15) is 31.9 Å². The van der Waals surface area contributed by atoms with Gasteiger partial charge in [0.05, 0.1) is 13.3 Å². The van der Waals surface area contributed by atoms with E-state index in [9.17, 15) is 4.55 Å². The molecule has 0 bridgehead atoms. The molecule has 0 saturated carbocycles. The zero-order chi connectivity index (χ0) is 18.3. The fourth-order valence-electron chi connectivity index (χ4n) is 1.98. The summed E-state index contributed by atoms with van der Waals surface area (Å²) < 4.78 is 26.6. The molecule has 0 aliphatic carbocycles. The van der Waals surface area contributed by atoms with Gasteiger partial charge in [-0.15, -0.1) is 0 Å². The largest absolute Gasteiger partial charge is 0.591 e. The van der Waals surface area contributed by atoms with Crippen LogP contribution in [0.5, 0.6) is 11.5 Å². The second-order valence-electron chi connectivity index (χ2n) is 6.63. The van der Waals surface area contributed by atoms with Crippen LogP contribution in [0.2, 0.25) is 0 Å². The van der Waals surface area contributed by atoms with Crippen LogP contribution in [-0.4, -0.2) is 22.6 Å². The number of methoxy groups -OCH3 is 1. The van der Waals surface area contributed by atoms with E-state index in [-0.39, 0.29) is 4.75 Å². The van der Waals surface area contributed by atoms with E-state index < -0.39 is 11.4 Å². The van der Waals surface area contributed by atoms with Crippen molar-refractivity contribution in [3.63, 3.8) is 0 Å². The molecule has 0 spiro atoms. The van der Waals surface area contributed by atoms with E-state index in [2.05, 4.69) is 4.40 Å². The summed E-state index contributed by atoms with van der Waals surface area (Å²) in [4.78, 5) is 0. The van der Waals surface area contributed by atoms with Gasteiger partial charge < -0.3 is 14.0 Å². The summed E-state index contributed by atoms with van der Waals surface area (Å²) in [5.41, 5.74) is 2.19. The van der Waals surface area contributed by atoms with Gasteiger partial charge in [-0.25, -0.2) is 0 Å². The summed E-state index contributed by atoms with van der Waals surface area (Å²) in [5.74, 6) is 1.65. The summed E-state index contributed by atoms with van der Waals surface area (Å²) in [6.07, 6.45) is 2.37. The molecule has 1 unspecified atom stereocenters. The predicted molar refractivity (Wildman–Crippen MR) is 104 cm³/mol. The second kappa shape index (κ2) is 8.92. The normalized spacial score (nSPS) is 13.0. The molecule has 0 heterocycles. The lowest BCUT2D eigenvalue weighted by Gasteiger charge is -2.17. The summed E-state index contributed by atoms with van der Waals surface area (Å²) >= 11 is -1.21. The minimum atomic E-state index is -1.21. The fourth-order valence-corrected chi connectivity index (χ4v) is 2.50. The maximum atomic E-state index is 11.9. The zero-order valence-corrected chi connectivity index (χ0v) is 16.0. The summed E-state index contributed by atoms with van der Waals surface area (Å²) in [7, 11) is 1.65. The van der Waals surface area contributed by atoms with E-state index >= 15 is 0 Å². The number of hydrogen-bond acceptors (Lipinski definition) is 4. The maximum absolute atomic E-state index is 11.9. The lowest BCUT2D eigenvalue weighted by atomic mass is 10.1. The molecule has 0 radical (unpaired) electrons. The van der Waals surface area contributed by atoms with E-state index in [0.717, 1.165) is 22.6 Å². The van der Waals surface area contributed by atoms with Gasteiger partial charge in [-0.1, -0.05) is 28.7 Å². The average Bonchev–Trinajstić information content (AvgIpc) is 2.60. The molecule has 2 aromatic carbocycles. The first-order valence-corrected chi connectivity index (χ1v) is 9.28. The van der Waals surface area contributed by atoms with Crippen molar-refractivity contribution in [3.05, 3.63) is 59.7 Å². The van der Waals surface area contributed by atoms with Gasteiger partial charge in [-0.3, -0.25) is 0 Å². The highest BCUT2D eigenvalue weighted by Crippen LogP contribution is 2.18. The quantitative estimate of drug-likeness (QED) is 0.545. The van der Waals surface area contributed by atoms with Crippen LogP contribution in [-0.2, 0) is 24.4 Å². The predicted octanol–water partition coefficient (Wildman–Crippen LogP) is 4.35. The molecule has 134 valence electrons. The van der Waals surface area contributed by atoms with Crippen LogP contribution < -0.4 is 9.47 Å². The Labute approximate surface area is 153 Å². The molecule has 5 heteroatoms. The number of benzene rings is 2. The summed E-state index contributed by atoms with van der Waals surface area (Å²) in [5, 5.41) is 0. The van der Waals surface area contributed by atoms with Crippen molar-refractivity contribution in [1.29, 1.82) is 0 Å². The minimum Gasteiger partial charge on any atom is -0.591 e. The first kappa shape index (κ1) is 19.3. The Hall–Kier alpha value is -1.98. The Bertz CT molecular complexity index is 676. The van der Waals surface area contributed by atoms with Crippen molar-refractivity contribution < 1.29 is 14.0 Å². The van der Waals surface area contributed by atoms with Crippen molar-refractivity contribution in [1.82, 2.24) is 0 Å². The fraction of sp³-hybridized carbons (Fsp3) is 0.350. The van der Waals surface area contributed by atoms with Crippen molar-refractivity contribution in [2.75, 3.05) is 7.11 Å².